The molecule has 3 aliphatic carbocycles. The fourth-order valence-corrected chi connectivity index (χ4v) is 4.86. The highest BCUT2D eigenvalue weighted by atomic mass is 16.2. The normalized spacial score (nSPS) is 46.5. The SMILES string of the molecule is CC(NC(=O)C1(C)CCCC1N)C1CC2CCC1C2. The molecule has 3 saturated carbocycles. The molecule has 0 aromatic carbocycles. The fourth-order valence-electron chi connectivity index (χ4n) is 4.86. The first kappa shape index (κ1) is 13.4. The standard InChI is InChI=1S/C16H28N2O/c1-10(13-9-11-5-6-12(13)8-11)18-15(19)16(2)7-3-4-14(16)17/h10-14H,3-9,17H2,1-2H3,(H,18,19). The number of carbonyl (C=O) groups excluding carboxylic acids is 1. The minimum Gasteiger partial charge on any atom is -0.353 e. The van der Waals surface area contributed by atoms with Crippen molar-refractivity contribution in [3.63, 3.8) is 0 Å². The van der Waals surface area contributed by atoms with Gasteiger partial charge >= 0.3 is 0 Å². The van der Waals surface area contributed by atoms with Gasteiger partial charge in [-0.3, -0.25) is 4.79 Å². The average molecular weight is 264 g/mol. The van der Waals surface area contributed by atoms with Crippen molar-refractivity contribution in [2.75, 3.05) is 0 Å². The van der Waals surface area contributed by atoms with Crippen LogP contribution in [0.1, 0.15) is 58.8 Å². The molecule has 19 heavy (non-hydrogen) atoms. The van der Waals surface area contributed by atoms with Crippen molar-refractivity contribution in [1.82, 2.24) is 5.32 Å². The first-order chi connectivity index (χ1) is 9.00. The Kier molecular flexibility index (Phi) is 3.36. The van der Waals surface area contributed by atoms with Crippen molar-refractivity contribution in [3.8, 4) is 0 Å². The van der Waals surface area contributed by atoms with Crippen molar-refractivity contribution in [1.29, 1.82) is 0 Å². The molecule has 0 aromatic rings. The van der Waals surface area contributed by atoms with Crippen LogP contribution in [-0.2, 0) is 4.79 Å². The molecule has 3 N–H and O–H groups in total. The number of nitrogens with two attached hydrogens (primary N) is 1. The molecule has 3 rings (SSSR count). The van der Waals surface area contributed by atoms with Crippen molar-refractivity contribution >= 4 is 5.91 Å². The molecule has 3 heteroatoms. The maximum atomic E-state index is 12.6. The van der Waals surface area contributed by atoms with Crippen LogP contribution in [0.2, 0.25) is 0 Å². The summed E-state index contributed by atoms with van der Waals surface area (Å²) in [4.78, 5) is 12.6. The van der Waals surface area contributed by atoms with E-state index in [2.05, 4.69) is 12.2 Å². The quantitative estimate of drug-likeness (QED) is 0.822. The topological polar surface area (TPSA) is 55.1 Å². The molecule has 1 amide bonds. The largest absolute Gasteiger partial charge is 0.353 e. The molecule has 108 valence electrons. The summed E-state index contributed by atoms with van der Waals surface area (Å²) in [6.07, 6.45) is 8.57. The number of amides is 1. The third-order valence-electron chi connectivity index (χ3n) is 6.34. The van der Waals surface area contributed by atoms with Gasteiger partial charge in [0.05, 0.1) is 5.41 Å². The monoisotopic (exact) mass is 264 g/mol. The zero-order valence-electron chi connectivity index (χ0n) is 12.3. The lowest BCUT2D eigenvalue weighted by atomic mass is 9.81. The lowest BCUT2D eigenvalue weighted by molar-refractivity contribution is -0.131. The Hall–Kier alpha value is -0.570. The van der Waals surface area contributed by atoms with Crippen LogP contribution in [-0.4, -0.2) is 18.0 Å². The molecule has 6 atom stereocenters. The third-order valence-corrected chi connectivity index (χ3v) is 6.34. The zero-order chi connectivity index (χ0) is 13.6. The Balaban J connectivity index is 1.60. The molecule has 0 spiro atoms. The predicted octanol–water partition coefficient (Wildman–Crippen LogP) is 2.44. The molecule has 0 aliphatic heterocycles. The van der Waals surface area contributed by atoms with Gasteiger partial charge in [0, 0.05) is 12.1 Å². The van der Waals surface area contributed by atoms with E-state index in [-0.39, 0.29) is 17.4 Å². The lowest BCUT2D eigenvalue weighted by Gasteiger charge is -2.33. The molecular weight excluding hydrogens is 236 g/mol. The number of fused-ring (bicyclic) bond motifs is 2. The first-order valence-electron chi connectivity index (χ1n) is 8.07. The smallest absolute Gasteiger partial charge is 0.227 e. The van der Waals surface area contributed by atoms with E-state index in [9.17, 15) is 4.79 Å². The number of rotatable bonds is 3. The Morgan fingerprint density at radius 2 is 2.11 bits per heavy atom. The van der Waals surface area contributed by atoms with Crippen molar-refractivity contribution in [2.24, 2.45) is 28.9 Å². The molecule has 0 saturated heterocycles. The van der Waals surface area contributed by atoms with Crippen molar-refractivity contribution in [2.45, 2.75) is 70.9 Å². The second kappa shape index (κ2) is 4.76. The first-order valence-corrected chi connectivity index (χ1v) is 8.07. The van der Waals surface area contributed by atoms with E-state index in [1.165, 1.54) is 25.7 Å². The highest BCUT2D eigenvalue weighted by Gasteiger charge is 2.46. The third kappa shape index (κ3) is 2.20. The molecule has 0 heterocycles. The maximum Gasteiger partial charge on any atom is 0.227 e. The van der Waals surface area contributed by atoms with Gasteiger partial charge in [-0.25, -0.2) is 0 Å². The zero-order valence-corrected chi connectivity index (χ0v) is 12.3. The molecule has 0 radical (unpaired) electrons. The molecule has 3 aliphatic rings. The van der Waals surface area contributed by atoms with Gasteiger partial charge in [0.25, 0.3) is 0 Å². The predicted molar refractivity (Wildman–Crippen MR) is 76.5 cm³/mol. The van der Waals surface area contributed by atoms with E-state index in [1.807, 2.05) is 6.92 Å². The fraction of sp³-hybridized carbons (Fsp3) is 0.938. The molecule has 3 fully saturated rings. The van der Waals surface area contributed by atoms with Crippen LogP contribution < -0.4 is 11.1 Å². The van der Waals surface area contributed by atoms with Gasteiger partial charge in [-0.1, -0.05) is 12.8 Å². The minimum atomic E-state index is -0.328. The average Bonchev–Trinajstić information content (AvgIpc) is 3.06. The highest BCUT2D eigenvalue weighted by Crippen LogP contribution is 2.49. The van der Waals surface area contributed by atoms with Gasteiger partial charge in [-0.05, 0) is 63.7 Å². The van der Waals surface area contributed by atoms with Crippen LogP contribution in [0.15, 0.2) is 0 Å². The van der Waals surface area contributed by atoms with Gasteiger partial charge < -0.3 is 11.1 Å². The van der Waals surface area contributed by atoms with Gasteiger partial charge in [-0.15, -0.1) is 0 Å². The van der Waals surface area contributed by atoms with E-state index in [1.54, 1.807) is 0 Å². The van der Waals surface area contributed by atoms with Crippen LogP contribution in [0.4, 0.5) is 0 Å². The number of hydrogen-bond acceptors (Lipinski definition) is 2. The summed E-state index contributed by atoms with van der Waals surface area (Å²) in [5.41, 5.74) is 5.82. The molecule has 6 unspecified atom stereocenters. The second-order valence-corrected chi connectivity index (χ2v) is 7.52. The summed E-state index contributed by atoms with van der Waals surface area (Å²) in [5.74, 6) is 2.72. The Morgan fingerprint density at radius 1 is 1.32 bits per heavy atom. The van der Waals surface area contributed by atoms with Crippen LogP contribution in [0.3, 0.4) is 0 Å². The number of carbonyl (C=O) groups is 1. The van der Waals surface area contributed by atoms with Gasteiger partial charge in [0.15, 0.2) is 0 Å². The number of hydrogen-bond donors (Lipinski definition) is 2. The Labute approximate surface area is 116 Å². The van der Waals surface area contributed by atoms with E-state index in [0.717, 1.165) is 31.1 Å². The molecular formula is C16H28N2O. The molecule has 3 nitrogen and oxygen atoms in total. The highest BCUT2D eigenvalue weighted by molar-refractivity contribution is 5.83. The molecule has 2 bridgehead atoms. The Morgan fingerprint density at radius 3 is 2.63 bits per heavy atom. The van der Waals surface area contributed by atoms with Crippen molar-refractivity contribution in [3.05, 3.63) is 0 Å². The summed E-state index contributed by atoms with van der Waals surface area (Å²) in [6.45, 7) is 4.25. The Bertz CT molecular complexity index is 370. The van der Waals surface area contributed by atoms with Crippen LogP contribution in [0, 0.1) is 23.2 Å². The second-order valence-electron chi connectivity index (χ2n) is 7.52. The summed E-state index contributed by atoms with van der Waals surface area (Å²) in [5, 5.41) is 3.30. The van der Waals surface area contributed by atoms with Crippen LogP contribution >= 0.6 is 0 Å². The van der Waals surface area contributed by atoms with E-state index in [0.29, 0.717) is 12.0 Å². The summed E-state index contributed by atoms with van der Waals surface area (Å²) < 4.78 is 0. The van der Waals surface area contributed by atoms with E-state index in [4.69, 9.17) is 5.73 Å². The van der Waals surface area contributed by atoms with Crippen molar-refractivity contribution < 1.29 is 4.79 Å². The van der Waals surface area contributed by atoms with Crippen LogP contribution in [0.25, 0.3) is 0 Å². The summed E-state index contributed by atoms with van der Waals surface area (Å²) >= 11 is 0. The summed E-state index contributed by atoms with van der Waals surface area (Å²) in [6, 6.07) is 0.368. The molecule has 0 aromatic heterocycles. The number of nitrogens with one attached hydrogen (secondary N) is 1. The maximum absolute atomic E-state index is 12.6. The minimum absolute atomic E-state index is 0.0414. The lowest BCUT2D eigenvalue weighted by Crippen LogP contribution is -2.51. The van der Waals surface area contributed by atoms with Gasteiger partial charge in [-0.2, -0.15) is 0 Å². The van der Waals surface area contributed by atoms with Crippen LogP contribution in [0.5, 0.6) is 0 Å². The van der Waals surface area contributed by atoms with E-state index < -0.39 is 0 Å². The van der Waals surface area contributed by atoms with Gasteiger partial charge in [0.2, 0.25) is 5.91 Å². The van der Waals surface area contributed by atoms with E-state index >= 15 is 0 Å². The van der Waals surface area contributed by atoms with Gasteiger partial charge in [0.1, 0.15) is 0 Å². The summed E-state index contributed by atoms with van der Waals surface area (Å²) in [7, 11) is 0.